The summed E-state index contributed by atoms with van der Waals surface area (Å²) < 4.78 is 18.4. The first-order chi connectivity index (χ1) is 33.5. The van der Waals surface area contributed by atoms with Crippen LogP contribution in [0.15, 0.2) is 46.1 Å². The number of hydrogen-bond donors (Lipinski definition) is 5. The number of likely N-dealkylation sites (tertiary alicyclic amines) is 1. The maximum atomic E-state index is 14.8. The van der Waals surface area contributed by atoms with E-state index in [0.29, 0.717) is 58.0 Å². The van der Waals surface area contributed by atoms with Gasteiger partial charge in [0, 0.05) is 113 Å². The maximum Gasteiger partial charge on any atom is 0.315 e. The molecule has 6 heterocycles. The van der Waals surface area contributed by atoms with Crippen molar-refractivity contribution < 1.29 is 53.8 Å². The van der Waals surface area contributed by atoms with Crippen molar-refractivity contribution in [2.75, 3.05) is 78.3 Å². The number of benzene rings is 2. The number of piperidine rings is 1. The normalized spacial score (nSPS) is 29.3. The number of esters is 1. The lowest BCUT2D eigenvalue weighted by atomic mass is 9.81. The van der Waals surface area contributed by atoms with Gasteiger partial charge in [0.1, 0.15) is 35.1 Å². The van der Waals surface area contributed by atoms with Crippen molar-refractivity contribution in [1.29, 1.82) is 0 Å². The van der Waals surface area contributed by atoms with Crippen molar-refractivity contribution in [2.45, 2.75) is 117 Å². The zero-order chi connectivity index (χ0) is 51.7. The summed E-state index contributed by atoms with van der Waals surface area (Å²) in [6, 6.07) is 0. The summed E-state index contributed by atoms with van der Waals surface area (Å²) in [5.41, 5.74) is -0.582. The number of Topliss-reactive ketones (excluding diaryl/α,β-unsaturated/α-hetero) is 1. The monoisotopic (exact) mass is 986 g/mol. The Labute approximate surface area is 416 Å². The van der Waals surface area contributed by atoms with E-state index in [1.807, 2.05) is 14.1 Å². The van der Waals surface area contributed by atoms with Gasteiger partial charge in [0.2, 0.25) is 5.91 Å². The first-order valence-electron chi connectivity index (χ1n) is 25.2. The highest BCUT2D eigenvalue weighted by Crippen LogP contribution is 2.50. The van der Waals surface area contributed by atoms with E-state index in [1.54, 1.807) is 63.8 Å². The number of anilines is 1. The van der Waals surface area contributed by atoms with Crippen LogP contribution in [0.4, 0.5) is 5.69 Å². The van der Waals surface area contributed by atoms with Gasteiger partial charge in [-0.15, -0.1) is 0 Å². The van der Waals surface area contributed by atoms with E-state index < -0.39 is 77.3 Å². The fraction of sp³-hybridized carbons (Fsp3) is 0.623. The van der Waals surface area contributed by atoms with Crippen LogP contribution in [0.1, 0.15) is 96.5 Å². The second-order valence-corrected chi connectivity index (χ2v) is 21.2. The number of ketones is 1. The first-order valence-corrected chi connectivity index (χ1v) is 25.2. The molecule has 6 aliphatic rings. The minimum atomic E-state index is -1.94. The quantitative estimate of drug-likeness (QED) is 0.144. The Morgan fingerprint density at radius 2 is 1.61 bits per heavy atom. The second-order valence-electron chi connectivity index (χ2n) is 21.2. The number of nitrogens with one attached hydrogen (secondary N) is 1. The second kappa shape index (κ2) is 21.8. The molecule has 71 heavy (non-hydrogen) atoms. The van der Waals surface area contributed by atoms with Crippen LogP contribution in [-0.4, -0.2) is 166 Å². The minimum Gasteiger partial charge on any atom is -0.507 e. The maximum absolute atomic E-state index is 14.8. The summed E-state index contributed by atoms with van der Waals surface area (Å²) in [6.45, 7) is 20.6. The van der Waals surface area contributed by atoms with Gasteiger partial charge in [-0.25, -0.2) is 0 Å². The largest absolute Gasteiger partial charge is 0.507 e. The Morgan fingerprint density at radius 1 is 0.930 bits per heavy atom. The van der Waals surface area contributed by atoms with Gasteiger partial charge in [0.25, 0.3) is 11.7 Å². The molecule has 1 spiro atoms. The number of rotatable bonds is 8. The van der Waals surface area contributed by atoms with Crippen molar-refractivity contribution >= 4 is 40.0 Å². The summed E-state index contributed by atoms with van der Waals surface area (Å²) in [6.07, 6.45) is 5.79. The Hall–Kier alpha value is -5.40. The van der Waals surface area contributed by atoms with Crippen molar-refractivity contribution in [3.63, 3.8) is 0 Å². The number of ether oxygens (including phenoxy) is 3. The molecule has 2 saturated heterocycles. The Bertz CT molecular complexity index is 2600. The zero-order valence-electron chi connectivity index (χ0n) is 43.2. The van der Waals surface area contributed by atoms with Crippen LogP contribution in [0.25, 0.3) is 10.8 Å². The molecule has 0 aromatic heterocycles. The van der Waals surface area contributed by atoms with E-state index >= 15 is 0 Å². The fourth-order valence-corrected chi connectivity index (χ4v) is 10.4. The molecule has 0 radical (unpaired) electrons. The van der Waals surface area contributed by atoms with Crippen LogP contribution in [0.5, 0.6) is 17.2 Å². The van der Waals surface area contributed by atoms with Gasteiger partial charge < -0.3 is 54.7 Å². The Kier molecular flexibility index (Phi) is 16.4. The molecule has 388 valence electrons. The molecule has 2 unspecified atom stereocenters. The van der Waals surface area contributed by atoms with Gasteiger partial charge in [-0.2, -0.15) is 0 Å². The predicted octanol–water partition coefficient (Wildman–Crippen LogP) is 3.95. The molecular weight excluding hydrogens is 911 g/mol. The van der Waals surface area contributed by atoms with Crippen molar-refractivity contribution in [1.82, 2.24) is 19.6 Å². The number of phenols is 2. The number of phenolic OH excluding ortho intramolecular Hbond substituents is 2. The number of fused-ring (bicyclic) bond motifs is 13. The summed E-state index contributed by atoms with van der Waals surface area (Å²) in [5, 5.41) is 50.6. The highest BCUT2D eigenvalue weighted by molar-refractivity contribution is 6.19. The van der Waals surface area contributed by atoms with Gasteiger partial charge in [-0.1, -0.05) is 52.8 Å². The number of likely N-dealkylation sites (N-methyl/N-ethyl adjacent to an activating group) is 1. The Morgan fingerprint density at radius 3 is 2.27 bits per heavy atom. The van der Waals surface area contributed by atoms with Gasteiger partial charge in [0.15, 0.2) is 11.4 Å². The molecule has 18 nitrogen and oxygen atoms in total. The molecule has 6 aliphatic heterocycles. The number of piperazine rings is 1. The average Bonchev–Trinajstić information content (AvgIpc) is 3.83. The summed E-state index contributed by atoms with van der Waals surface area (Å²) in [5.74, 6) is -6.45. The number of nitrogens with zero attached hydrogens (tertiary/aromatic N) is 6. The summed E-state index contributed by atoms with van der Waals surface area (Å²) >= 11 is 0. The van der Waals surface area contributed by atoms with E-state index in [-0.39, 0.29) is 74.1 Å². The molecule has 2 aromatic carbocycles. The molecule has 2 amide bonds. The Balaban J connectivity index is 1.22. The highest BCUT2D eigenvalue weighted by atomic mass is 16.7. The van der Waals surface area contributed by atoms with Crippen LogP contribution in [0.2, 0.25) is 0 Å². The van der Waals surface area contributed by atoms with Crippen LogP contribution in [0, 0.1) is 30.6 Å². The lowest BCUT2D eigenvalue weighted by molar-refractivity contribution is -0.159. The predicted molar refractivity (Wildman–Crippen MR) is 267 cm³/mol. The topological polar surface area (TPSA) is 227 Å². The SMILES string of the molecule is C/C1=C/C=C/C(C)[C@H](O)[C@@H](C)C(O)[C@@H](C)[C@H](OC(=O)CC(=O)N2CCN(CCN(C)C)CC2)CC/C=C/O[C@@]2(C)Oc3c(C)c(O)c4c(O)c(c5c(c4c3C2=O)=NC2(CCN(CC(C)C)CC2)N=5)NC1=O. The van der Waals surface area contributed by atoms with Crippen molar-refractivity contribution in [3.05, 3.63) is 58.0 Å². The number of allylic oxidation sites excluding steroid dienone is 3. The van der Waals surface area contributed by atoms with Gasteiger partial charge in [-0.3, -0.25) is 34.1 Å². The lowest BCUT2D eigenvalue weighted by Gasteiger charge is -2.36. The third kappa shape index (κ3) is 11.3. The minimum absolute atomic E-state index is 0.0421. The van der Waals surface area contributed by atoms with Crippen LogP contribution < -0.4 is 20.8 Å². The zero-order valence-corrected chi connectivity index (χ0v) is 43.2. The van der Waals surface area contributed by atoms with Gasteiger partial charge >= 0.3 is 11.8 Å². The number of carbonyl (C=O) groups excluding carboxylic acids is 4. The fourth-order valence-electron chi connectivity index (χ4n) is 10.4. The molecule has 2 fully saturated rings. The number of carbonyl (C=O) groups is 4. The first kappa shape index (κ1) is 53.4. The van der Waals surface area contributed by atoms with Gasteiger partial charge in [-0.05, 0) is 52.8 Å². The number of aliphatic hydroxyl groups is 2. The standard InChI is InChI=1S/C53H75N7O11/c1-30(2)29-59-19-17-53(18-20-59)55-42-39-40-47(65)35(7)49-41(39)50(67)52(8,71-49)69-27-12-11-16-36(70-38(62)28-37(61)60-25-23-58(24-26-60)22-21-57(9)10)33(5)46(64)34(6)45(63)31(3)14-13-15-32(4)51(68)54-44(48(40)66)43(42)56-53/h12-15,27,30-31,33-34,36,45-46,63-66H,11,16-26,28-29H2,1-10H3,(H,54,68)/b14-13+,27-12+,32-15-/t31?,33-,34+,36+,45-,46?,52-/m0/s1. The summed E-state index contributed by atoms with van der Waals surface area (Å²) in [7, 11) is 4.03. The number of hydrogen-bond acceptors (Lipinski definition) is 16. The number of aliphatic hydroxyl groups excluding tert-OH is 2. The molecule has 5 bridgehead atoms. The molecule has 2 aromatic rings. The highest BCUT2D eigenvalue weighted by Gasteiger charge is 2.50. The van der Waals surface area contributed by atoms with E-state index in [2.05, 4.69) is 33.9 Å². The molecular formula is C53H75N7O11. The molecule has 5 N–H and O–H groups in total. The molecule has 0 saturated carbocycles. The van der Waals surface area contributed by atoms with E-state index in [4.69, 9.17) is 24.2 Å². The van der Waals surface area contributed by atoms with E-state index in [9.17, 15) is 39.6 Å². The van der Waals surface area contributed by atoms with Crippen molar-refractivity contribution in [3.8, 4) is 17.2 Å². The van der Waals surface area contributed by atoms with Crippen LogP contribution in [0.3, 0.4) is 0 Å². The number of aromatic hydroxyl groups is 2. The smallest absolute Gasteiger partial charge is 0.315 e. The third-order valence-electron chi connectivity index (χ3n) is 15.0. The molecule has 0 aliphatic carbocycles. The van der Waals surface area contributed by atoms with Crippen LogP contribution >= 0.6 is 0 Å². The molecule has 8 rings (SSSR count). The van der Waals surface area contributed by atoms with Crippen LogP contribution in [-0.2, 0) is 23.9 Å². The van der Waals surface area contributed by atoms with E-state index in [1.165, 1.54) is 13.2 Å². The average molecular weight is 986 g/mol. The third-order valence-corrected chi connectivity index (χ3v) is 15.0. The molecule has 7 atom stereocenters. The molecule has 18 heteroatoms. The lowest BCUT2D eigenvalue weighted by Crippen LogP contribution is -2.50. The summed E-state index contributed by atoms with van der Waals surface area (Å²) in [4.78, 5) is 74.4. The van der Waals surface area contributed by atoms with Crippen molar-refractivity contribution in [2.24, 2.45) is 33.7 Å². The number of amides is 2. The van der Waals surface area contributed by atoms with E-state index in [0.717, 1.165) is 19.6 Å². The van der Waals surface area contributed by atoms with Gasteiger partial charge in [0.05, 0.1) is 34.8 Å².